The maximum absolute atomic E-state index is 15.8. The molecule has 0 radical (unpaired) electrons. The summed E-state index contributed by atoms with van der Waals surface area (Å²) >= 11 is 0. The lowest BCUT2D eigenvalue weighted by Crippen LogP contribution is -2.41. The first-order valence-electron chi connectivity index (χ1n) is 14.1. The van der Waals surface area contributed by atoms with Crippen molar-refractivity contribution >= 4 is 28.4 Å². The van der Waals surface area contributed by atoms with Gasteiger partial charge in [-0.15, -0.1) is 13.2 Å². The number of methoxy groups -OCH3 is 1. The van der Waals surface area contributed by atoms with Crippen molar-refractivity contribution in [3.05, 3.63) is 63.2 Å². The second-order valence-corrected chi connectivity index (χ2v) is 11.5. The molecular weight excluding hydrogens is 629 g/mol. The quantitative estimate of drug-likeness (QED) is 0.349. The molecule has 3 heterocycles. The summed E-state index contributed by atoms with van der Waals surface area (Å²) < 4.78 is 105. The topological polar surface area (TPSA) is 102 Å². The standard InChI is InChI=1S/C30H29F7N4O5/c1-16-9-18(46-30(35,36)37)4-3-17(16)12-38-27(44)20-13-41(15-29(32,33)34)23-19(25(20)43)10-21(31)24(26(23)45-2)40-7-5-28(6-8-40)11-22(42)39-14-28/h3-4,9-10,13H,5-8,11-12,14-15H2,1-2H3,(H,38,44)(H,39,42). The monoisotopic (exact) mass is 658 g/mol. The first-order chi connectivity index (χ1) is 21.5. The molecule has 1 spiro atoms. The number of benzene rings is 2. The third kappa shape index (κ3) is 6.84. The molecule has 2 aliphatic heterocycles. The Hall–Kier alpha value is -4.50. The molecule has 2 N–H and O–H groups in total. The first-order valence-corrected chi connectivity index (χ1v) is 14.1. The molecule has 0 unspecified atom stereocenters. The van der Waals surface area contributed by atoms with E-state index in [2.05, 4.69) is 15.4 Å². The summed E-state index contributed by atoms with van der Waals surface area (Å²) in [6, 6.07) is 4.14. The zero-order valence-corrected chi connectivity index (χ0v) is 24.6. The van der Waals surface area contributed by atoms with Crippen LogP contribution in [0.5, 0.6) is 11.5 Å². The number of ether oxygens (including phenoxy) is 2. The lowest BCUT2D eigenvalue weighted by Gasteiger charge is -2.40. The van der Waals surface area contributed by atoms with Crippen LogP contribution >= 0.6 is 0 Å². The van der Waals surface area contributed by atoms with Crippen molar-refractivity contribution < 1.29 is 49.8 Å². The van der Waals surface area contributed by atoms with Gasteiger partial charge < -0.3 is 29.6 Å². The number of anilines is 1. The average molecular weight is 659 g/mol. The molecule has 248 valence electrons. The molecule has 3 aromatic rings. The number of alkyl halides is 6. The number of carbonyl (C=O) groups excluding carboxylic acids is 2. The van der Waals surface area contributed by atoms with E-state index in [0.717, 1.165) is 31.5 Å². The molecule has 2 aromatic carbocycles. The van der Waals surface area contributed by atoms with Crippen LogP contribution in [0.3, 0.4) is 0 Å². The summed E-state index contributed by atoms with van der Waals surface area (Å²) in [5.74, 6) is -2.90. The largest absolute Gasteiger partial charge is 0.573 e. The van der Waals surface area contributed by atoms with E-state index in [4.69, 9.17) is 4.74 Å². The predicted octanol–water partition coefficient (Wildman–Crippen LogP) is 4.96. The van der Waals surface area contributed by atoms with Gasteiger partial charge in [-0.25, -0.2) is 4.39 Å². The van der Waals surface area contributed by atoms with Crippen LogP contribution in [0.25, 0.3) is 10.9 Å². The van der Waals surface area contributed by atoms with Crippen molar-refractivity contribution in [1.29, 1.82) is 0 Å². The molecule has 2 saturated heterocycles. The van der Waals surface area contributed by atoms with Gasteiger partial charge in [0, 0.05) is 38.8 Å². The molecule has 5 rings (SSSR count). The van der Waals surface area contributed by atoms with Crippen molar-refractivity contribution in [2.75, 3.05) is 31.6 Å². The minimum atomic E-state index is -4.91. The van der Waals surface area contributed by atoms with Gasteiger partial charge in [0.05, 0.1) is 18.0 Å². The Kier molecular flexibility index (Phi) is 8.59. The van der Waals surface area contributed by atoms with E-state index in [1.54, 1.807) is 4.90 Å². The van der Waals surface area contributed by atoms with Gasteiger partial charge in [-0.1, -0.05) is 6.07 Å². The van der Waals surface area contributed by atoms with E-state index in [1.165, 1.54) is 13.0 Å². The van der Waals surface area contributed by atoms with Gasteiger partial charge in [0.15, 0.2) is 11.6 Å². The smallest absolute Gasteiger partial charge is 0.492 e. The molecule has 2 amide bonds. The summed E-state index contributed by atoms with van der Waals surface area (Å²) in [4.78, 5) is 40.0. The average Bonchev–Trinajstić information content (AvgIpc) is 3.31. The lowest BCUT2D eigenvalue weighted by atomic mass is 9.77. The summed E-state index contributed by atoms with van der Waals surface area (Å²) in [6.07, 6.45) is -7.65. The van der Waals surface area contributed by atoms with Crippen LogP contribution in [0.2, 0.25) is 0 Å². The first kappa shape index (κ1) is 32.9. The number of carbonyl (C=O) groups is 2. The SMILES string of the molecule is COc1c(N2CCC3(CC2)CNC(=O)C3)c(F)cc2c(=O)c(C(=O)NCc3ccc(OC(F)(F)F)cc3C)cn(CC(F)(F)F)c12. The van der Waals surface area contributed by atoms with Crippen LogP contribution in [0.1, 0.15) is 40.7 Å². The Bertz CT molecular complexity index is 1740. The summed E-state index contributed by atoms with van der Waals surface area (Å²) in [7, 11) is 1.14. The van der Waals surface area contributed by atoms with Crippen molar-refractivity contribution in [2.24, 2.45) is 5.41 Å². The number of nitrogens with zero attached hydrogens (tertiary/aromatic N) is 2. The summed E-state index contributed by atoms with van der Waals surface area (Å²) in [5.41, 5.74) is -1.90. The minimum absolute atomic E-state index is 0.0810. The molecule has 2 aliphatic rings. The van der Waals surface area contributed by atoms with Crippen LogP contribution < -0.4 is 30.4 Å². The fourth-order valence-corrected chi connectivity index (χ4v) is 6.10. The Morgan fingerprint density at radius 1 is 1.09 bits per heavy atom. The van der Waals surface area contributed by atoms with E-state index in [0.29, 0.717) is 41.5 Å². The highest BCUT2D eigenvalue weighted by Crippen LogP contribution is 2.44. The number of nitrogens with one attached hydrogen (secondary N) is 2. The second-order valence-electron chi connectivity index (χ2n) is 11.5. The van der Waals surface area contributed by atoms with E-state index in [-0.39, 0.29) is 47.9 Å². The molecule has 0 atom stereocenters. The molecule has 9 nitrogen and oxygen atoms in total. The zero-order chi connectivity index (χ0) is 33.6. The van der Waals surface area contributed by atoms with Crippen LogP contribution in [-0.2, 0) is 17.9 Å². The summed E-state index contributed by atoms with van der Waals surface area (Å²) in [5, 5.41) is 4.68. The molecule has 0 aliphatic carbocycles. The Labute approximate surface area is 257 Å². The number of pyridine rings is 1. The van der Waals surface area contributed by atoms with Gasteiger partial charge in [-0.05, 0) is 54.5 Å². The van der Waals surface area contributed by atoms with Crippen molar-refractivity contribution in [2.45, 2.75) is 51.8 Å². The third-order valence-electron chi connectivity index (χ3n) is 8.37. The Morgan fingerprint density at radius 2 is 1.78 bits per heavy atom. The predicted molar refractivity (Wildman–Crippen MR) is 151 cm³/mol. The van der Waals surface area contributed by atoms with Crippen molar-refractivity contribution in [3.8, 4) is 11.5 Å². The molecule has 1 aromatic heterocycles. The van der Waals surface area contributed by atoms with Gasteiger partial charge in [-0.2, -0.15) is 13.2 Å². The number of amides is 2. The zero-order valence-electron chi connectivity index (χ0n) is 24.6. The van der Waals surface area contributed by atoms with Crippen molar-refractivity contribution in [3.63, 3.8) is 0 Å². The number of halogens is 7. The number of rotatable bonds is 7. The number of piperidine rings is 1. The lowest BCUT2D eigenvalue weighted by molar-refractivity contribution is -0.274. The van der Waals surface area contributed by atoms with E-state index in [9.17, 15) is 40.7 Å². The van der Waals surface area contributed by atoms with Crippen molar-refractivity contribution in [1.82, 2.24) is 15.2 Å². The minimum Gasteiger partial charge on any atom is -0.492 e. The number of aryl methyl sites for hydroxylation is 1. The fraction of sp³-hybridized carbons (Fsp3) is 0.433. The Morgan fingerprint density at radius 3 is 2.35 bits per heavy atom. The van der Waals surface area contributed by atoms with Gasteiger partial charge >= 0.3 is 12.5 Å². The van der Waals surface area contributed by atoms with Crippen LogP contribution in [0.15, 0.2) is 35.3 Å². The normalized spacial score (nSPS) is 16.5. The highest BCUT2D eigenvalue weighted by molar-refractivity contribution is 5.99. The van der Waals surface area contributed by atoms with E-state index >= 15 is 4.39 Å². The third-order valence-corrected chi connectivity index (χ3v) is 8.37. The maximum atomic E-state index is 15.8. The number of aromatic nitrogens is 1. The van der Waals surface area contributed by atoms with Gasteiger partial charge in [-0.3, -0.25) is 14.4 Å². The van der Waals surface area contributed by atoms with Gasteiger partial charge in [0.25, 0.3) is 5.91 Å². The van der Waals surface area contributed by atoms with E-state index < -0.39 is 52.9 Å². The van der Waals surface area contributed by atoms with Gasteiger partial charge in [0.1, 0.15) is 23.5 Å². The van der Waals surface area contributed by atoms with Crippen LogP contribution in [-0.4, -0.2) is 55.7 Å². The van der Waals surface area contributed by atoms with E-state index in [1.807, 2.05) is 0 Å². The molecule has 0 bridgehead atoms. The number of hydrogen-bond donors (Lipinski definition) is 2. The Balaban J connectivity index is 1.49. The second kappa shape index (κ2) is 12.0. The maximum Gasteiger partial charge on any atom is 0.573 e. The molecule has 2 fully saturated rings. The number of fused-ring (bicyclic) bond motifs is 1. The van der Waals surface area contributed by atoms with Gasteiger partial charge in [0.2, 0.25) is 11.3 Å². The van der Waals surface area contributed by atoms with Crippen LogP contribution in [0.4, 0.5) is 36.4 Å². The molecule has 16 heteroatoms. The molecule has 46 heavy (non-hydrogen) atoms. The molecule has 0 saturated carbocycles. The fourth-order valence-electron chi connectivity index (χ4n) is 6.10. The summed E-state index contributed by atoms with van der Waals surface area (Å²) in [6.45, 7) is 0.561. The number of hydrogen-bond acceptors (Lipinski definition) is 6. The highest BCUT2D eigenvalue weighted by Gasteiger charge is 2.42. The molecular formula is C30H29F7N4O5. The van der Waals surface area contributed by atoms with Crippen LogP contribution in [0, 0.1) is 18.2 Å². The highest BCUT2D eigenvalue weighted by atomic mass is 19.4.